The quantitative estimate of drug-likeness (QED) is 0.788. The first-order chi connectivity index (χ1) is 9.41. The number of aromatic carboxylic acids is 1. The van der Waals surface area contributed by atoms with E-state index in [0.717, 1.165) is 25.9 Å². The molecule has 0 aromatic carbocycles. The molecule has 0 saturated carbocycles. The number of hydrogen-bond acceptors (Lipinski definition) is 3. The van der Waals surface area contributed by atoms with Crippen LogP contribution in [0.15, 0.2) is 18.3 Å². The van der Waals surface area contributed by atoms with Gasteiger partial charge in [-0.15, -0.1) is 0 Å². The van der Waals surface area contributed by atoms with Gasteiger partial charge in [-0.2, -0.15) is 0 Å². The minimum absolute atomic E-state index is 0.292. The van der Waals surface area contributed by atoms with Crippen LogP contribution in [0.1, 0.15) is 50.9 Å². The van der Waals surface area contributed by atoms with E-state index in [2.05, 4.69) is 37.6 Å². The van der Waals surface area contributed by atoms with E-state index in [1.54, 1.807) is 18.3 Å². The molecule has 0 aliphatic rings. The monoisotopic (exact) mass is 278 g/mol. The first kappa shape index (κ1) is 16.5. The van der Waals surface area contributed by atoms with E-state index in [9.17, 15) is 9.90 Å². The highest BCUT2D eigenvalue weighted by Gasteiger charge is 2.17. The molecule has 0 unspecified atom stereocenters. The van der Waals surface area contributed by atoms with Crippen LogP contribution in [0.3, 0.4) is 0 Å². The van der Waals surface area contributed by atoms with Crippen molar-refractivity contribution in [1.29, 1.82) is 0 Å². The summed E-state index contributed by atoms with van der Waals surface area (Å²) in [5.41, 5.74) is 0.292. The van der Waals surface area contributed by atoms with Crippen molar-refractivity contribution in [3.05, 3.63) is 23.9 Å². The van der Waals surface area contributed by atoms with Crippen molar-refractivity contribution in [2.45, 2.75) is 40.5 Å². The van der Waals surface area contributed by atoms with Crippen molar-refractivity contribution in [2.24, 2.45) is 11.8 Å². The number of carboxylic acids is 1. The molecular weight excluding hydrogens is 252 g/mol. The van der Waals surface area contributed by atoms with Gasteiger partial charge in [-0.05, 0) is 36.8 Å². The Morgan fingerprint density at radius 1 is 1.20 bits per heavy atom. The van der Waals surface area contributed by atoms with Crippen molar-refractivity contribution in [3.8, 4) is 0 Å². The Morgan fingerprint density at radius 3 is 2.20 bits per heavy atom. The standard InChI is InChI=1S/C16H26N2O2/c1-12(2)7-10-18(11-8-13(3)4)15-14(16(19)20)6-5-9-17-15/h5-6,9,12-13H,7-8,10-11H2,1-4H3,(H,19,20). The van der Waals surface area contributed by atoms with Gasteiger partial charge in [0.1, 0.15) is 11.4 Å². The third-order valence-corrected chi connectivity index (χ3v) is 3.27. The van der Waals surface area contributed by atoms with Gasteiger partial charge in [0.25, 0.3) is 0 Å². The fourth-order valence-corrected chi connectivity index (χ4v) is 1.97. The molecule has 1 aromatic rings. The molecule has 0 saturated heterocycles. The predicted molar refractivity (Wildman–Crippen MR) is 82.3 cm³/mol. The van der Waals surface area contributed by atoms with E-state index in [4.69, 9.17) is 0 Å². The molecule has 0 fully saturated rings. The number of carbonyl (C=O) groups is 1. The van der Waals surface area contributed by atoms with Crippen molar-refractivity contribution in [2.75, 3.05) is 18.0 Å². The fourth-order valence-electron chi connectivity index (χ4n) is 1.97. The van der Waals surface area contributed by atoms with E-state index in [-0.39, 0.29) is 0 Å². The number of rotatable bonds is 8. The lowest BCUT2D eigenvalue weighted by Crippen LogP contribution is -2.30. The second-order valence-corrected chi connectivity index (χ2v) is 6.03. The molecule has 20 heavy (non-hydrogen) atoms. The van der Waals surface area contributed by atoms with E-state index in [1.807, 2.05) is 0 Å². The molecule has 0 atom stereocenters. The van der Waals surface area contributed by atoms with Crippen LogP contribution in [-0.2, 0) is 0 Å². The van der Waals surface area contributed by atoms with Crippen LogP contribution >= 0.6 is 0 Å². The fraction of sp³-hybridized carbons (Fsp3) is 0.625. The Hall–Kier alpha value is -1.58. The summed E-state index contributed by atoms with van der Waals surface area (Å²) in [6.45, 7) is 10.4. The van der Waals surface area contributed by atoms with Gasteiger partial charge in [-0.25, -0.2) is 9.78 Å². The second-order valence-electron chi connectivity index (χ2n) is 6.03. The molecule has 4 nitrogen and oxygen atoms in total. The van der Waals surface area contributed by atoms with Crippen LogP contribution in [0.25, 0.3) is 0 Å². The van der Waals surface area contributed by atoms with Crippen molar-refractivity contribution >= 4 is 11.8 Å². The maximum absolute atomic E-state index is 11.3. The third-order valence-electron chi connectivity index (χ3n) is 3.27. The number of hydrogen-bond donors (Lipinski definition) is 1. The summed E-state index contributed by atoms with van der Waals surface area (Å²) in [5.74, 6) is 0.871. The largest absolute Gasteiger partial charge is 0.478 e. The molecule has 0 radical (unpaired) electrons. The summed E-state index contributed by atoms with van der Waals surface area (Å²) >= 11 is 0. The molecular formula is C16H26N2O2. The third kappa shape index (κ3) is 5.19. The summed E-state index contributed by atoms with van der Waals surface area (Å²) in [6, 6.07) is 3.30. The lowest BCUT2D eigenvalue weighted by Gasteiger charge is -2.26. The molecule has 0 aliphatic carbocycles. The Morgan fingerprint density at radius 2 is 1.75 bits per heavy atom. The molecule has 0 aliphatic heterocycles. The highest BCUT2D eigenvalue weighted by molar-refractivity contribution is 5.93. The average Bonchev–Trinajstić information content (AvgIpc) is 2.38. The summed E-state index contributed by atoms with van der Waals surface area (Å²) in [5, 5.41) is 9.30. The lowest BCUT2D eigenvalue weighted by atomic mass is 10.1. The van der Waals surface area contributed by atoms with Crippen LogP contribution in [0.5, 0.6) is 0 Å². The minimum Gasteiger partial charge on any atom is -0.478 e. The number of carboxylic acid groups (broad SMARTS) is 1. The summed E-state index contributed by atoms with van der Waals surface area (Å²) < 4.78 is 0. The first-order valence-corrected chi connectivity index (χ1v) is 7.35. The number of nitrogens with zero attached hydrogens (tertiary/aromatic N) is 2. The summed E-state index contributed by atoms with van der Waals surface area (Å²) in [4.78, 5) is 17.8. The van der Waals surface area contributed by atoms with E-state index >= 15 is 0 Å². The molecule has 1 rings (SSSR count). The van der Waals surface area contributed by atoms with Crippen LogP contribution in [0.2, 0.25) is 0 Å². The first-order valence-electron chi connectivity index (χ1n) is 7.35. The molecule has 1 N–H and O–H groups in total. The molecule has 112 valence electrons. The SMILES string of the molecule is CC(C)CCN(CCC(C)C)c1ncccc1C(=O)O. The smallest absolute Gasteiger partial charge is 0.339 e. The highest BCUT2D eigenvalue weighted by Crippen LogP contribution is 2.20. The maximum atomic E-state index is 11.3. The average molecular weight is 278 g/mol. The van der Waals surface area contributed by atoms with E-state index < -0.39 is 5.97 Å². The molecule has 0 spiro atoms. The van der Waals surface area contributed by atoms with Crippen LogP contribution in [0.4, 0.5) is 5.82 Å². The normalized spacial score (nSPS) is 11.1. The Bertz CT molecular complexity index is 418. The van der Waals surface area contributed by atoms with Crippen LogP contribution in [-0.4, -0.2) is 29.1 Å². The van der Waals surface area contributed by atoms with Crippen molar-refractivity contribution in [3.63, 3.8) is 0 Å². The maximum Gasteiger partial charge on any atom is 0.339 e. The zero-order valence-corrected chi connectivity index (χ0v) is 13.0. The Kier molecular flexibility index (Phi) is 6.49. The minimum atomic E-state index is -0.910. The van der Waals surface area contributed by atoms with E-state index in [0.29, 0.717) is 23.2 Å². The van der Waals surface area contributed by atoms with Gasteiger partial charge < -0.3 is 10.0 Å². The molecule has 1 aromatic heterocycles. The van der Waals surface area contributed by atoms with Crippen molar-refractivity contribution in [1.82, 2.24) is 4.98 Å². The molecule has 0 amide bonds. The van der Waals surface area contributed by atoms with Crippen molar-refractivity contribution < 1.29 is 9.90 Å². The van der Waals surface area contributed by atoms with Gasteiger partial charge in [-0.1, -0.05) is 27.7 Å². The van der Waals surface area contributed by atoms with Gasteiger partial charge in [0, 0.05) is 19.3 Å². The van der Waals surface area contributed by atoms with E-state index in [1.165, 1.54) is 0 Å². The van der Waals surface area contributed by atoms with Crippen LogP contribution < -0.4 is 4.90 Å². The number of anilines is 1. The number of pyridine rings is 1. The van der Waals surface area contributed by atoms with Gasteiger partial charge in [0.05, 0.1) is 0 Å². The lowest BCUT2D eigenvalue weighted by molar-refractivity contribution is 0.0697. The summed E-state index contributed by atoms with van der Waals surface area (Å²) in [7, 11) is 0. The summed E-state index contributed by atoms with van der Waals surface area (Å²) in [6.07, 6.45) is 3.74. The molecule has 0 bridgehead atoms. The van der Waals surface area contributed by atoms with Gasteiger partial charge in [0.2, 0.25) is 0 Å². The van der Waals surface area contributed by atoms with Crippen LogP contribution in [0, 0.1) is 11.8 Å². The predicted octanol–water partition coefficient (Wildman–Crippen LogP) is 3.68. The second kappa shape index (κ2) is 7.88. The van der Waals surface area contributed by atoms with Gasteiger partial charge >= 0.3 is 5.97 Å². The Balaban J connectivity index is 2.93. The zero-order valence-electron chi connectivity index (χ0n) is 13.0. The number of aromatic nitrogens is 1. The topological polar surface area (TPSA) is 53.4 Å². The zero-order chi connectivity index (χ0) is 15.1. The Labute approximate surface area is 121 Å². The molecule has 1 heterocycles. The van der Waals surface area contributed by atoms with Gasteiger partial charge in [-0.3, -0.25) is 0 Å². The highest BCUT2D eigenvalue weighted by atomic mass is 16.4. The molecule has 4 heteroatoms. The van der Waals surface area contributed by atoms with Gasteiger partial charge in [0.15, 0.2) is 0 Å².